The molecule has 0 aliphatic carbocycles. The Morgan fingerprint density at radius 3 is 2.79 bits per heavy atom. The summed E-state index contributed by atoms with van der Waals surface area (Å²) in [5.41, 5.74) is 3.81. The number of carbonyl (C=O) groups excluding carboxylic acids is 1. The van der Waals surface area contributed by atoms with Crippen LogP contribution in [-0.4, -0.2) is 16.1 Å². The number of carbonyl (C=O) groups is 1. The number of aromatic nitrogens is 2. The van der Waals surface area contributed by atoms with Crippen LogP contribution in [0.3, 0.4) is 0 Å². The number of hydrogen-bond donors (Lipinski definition) is 0. The molecule has 6 nitrogen and oxygen atoms in total. The van der Waals surface area contributed by atoms with E-state index in [2.05, 4.69) is 26.1 Å². The van der Waals surface area contributed by atoms with Gasteiger partial charge in [-0.3, -0.25) is 14.5 Å². The third-order valence-corrected chi connectivity index (χ3v) is 5.93. The third kappa shape index (κ3) is 2.52. The summed E-state index contributed by atoms with van der Waals surface area (Å²) < 4.78 is 6.77. The Labute approximate surface area is 171 Å². The smallest absolute Gasteiger partial charge is 0.297 e. The molecule has 1 aliphatic heterocycles. The normalized spacial score (nSPS) is 16.0. The Morgan fingerprint density at radius 2 is 2.04 bits per heavy atom. The predicted octanol–water partition coefficient (Wildman–Crippen LogP) is 4.47. The third-order valence-electron chi connectivity index (χ3n) is 4.74. The fraction of sp³-hybridized carbons (Fsp3) is 0.100. The molecule has 2 aromatic heterocycles. The van der Waals surface area contributed by atoms with Crippen molar-refractivity contribution in [3.05, 3.63) is 85.1 Å². The first-order valence-electron chi connectivity index (χ1n) is 8.47. The maximum absolute atomic E-state index is 13.4. The molecule has 28 heavy (non-hydrogen) atoms. The Morgan fingerprint density at radius 1 is 1.18 bits per heavy atom. The molecule has 0 spiro atoms. The molecule has 5 rings (SSSR count). The minimum atomic E-state index is -0.630. The van der Waals surface area contributed by atoms with Crippen molar-refractivity contribution in [1.29, 1.82) is 0 Å². The highest BCUT2D eigenvalue weighted by molar-refractivity contribution is 9.10. The molecule has 0 saturated heterocycles. The molecule has 1 aliphatic rings. The van der Waals surface area contributed by atoms with E-state index in [1.807, 2.05) is 37.3 Å². The molecule has 0 bridgehead atoms. The number of halogens is 1. The summed E-state index contributed by atoms with van der Waals surface area (Å²) in [5, 5.41) is 8.80. The fourth-order valence-electron chi connectivity index (χ4n) is 3.55. The highest BCUT2D eigenvalue weighted by atomic mass is 79.9. The standard InChI is InChI=1S/C20H12BrN3O3S/c1-10-5-6-14-13(7-10)17(25)15-16(11-3-2-4-12(21)8-11)24(19(26)18(15)27-14)20-23-22-9-28-20/h2-9,16H,1H3/t16-/m1/s1. The summed E-state index contributed by atoms with van der Waals surface area (Å²) in [6, 6.07) is 12.3. The van der Waals surface area contributed by atoms with E-state index >= 15 is 0 Å². The van der Waals surface area contributed by atoms with Gasteiger partial charge < -0.3 is 4.42 Å². The van der Waals surface area contributed by atoms with Crippen LogP contribution in [0.2, 0.25) is 0 Å². The van der Waals surface area contributed by atoms with E-state index in [1.165, 1.54) is 16.2 Å². The molecule has 2 aromatic carbocycles. The van der Waals surface area contributed by atoms with E-state index in [9.17, 15) is 9.59 Å². The minimum absolute atomic E-state index is 0.0570. The monoisotopic (exact) mass is 453 g/mol. The van der Waals surface area contributed by atoms with Gasteiger partial charge >= 0.3 is 0 Å². The average molecular weight is 454 g/mol. The van der Waals surface area contributed by atoms with Gasteiger partial charge in [-0.1, -0.05) is 51.0 Å². The van der Waals surface area contributed by atoms with Crippen LogP contribution in [0.15, 0.2) is 61.7 Å². The highest BCUT2D eigenvalue weighted by Crippen LogP contribution is 2.42. The Hall–Kier alpha value is -2.84. The zero-order chi connectivity index (χ0) is 19.4. The second kappa shape index (κ2) is 6.35. The zero-order valence-corrected chi connectivity index (χ0v) is 17.0. The van der Waals surface area contributed by atoms with Crippen LogP contribution in [0.1, 0.15) is 33.3 Å². The fourth-order valence-corrected chi connectivity index (χ4v) is 4.55. The molecule has 0 unspecified atom stereocenters. The maximum Gasteiger partial charge on any atom is 0.297 e. The molecular weight excluding hydrogens is 442 g/mol. The lowest BCUT2D eigenvalue weighted by Crippen LogP contribution is -2.29. The van der Waals surface area contributed by atoms with Gasteiger partial charge in [-0.05, 0) is 36.8 Å². The molecule has 0 fully saturated rings. The van der Waals surface area contributed by atoms with Crippen molar-refractivity contribution in [2.45, 2.75) is 13.0 Å². The van der Waals surface area contributed by atoms with Gasteiger partial charge in [0.05, 0.1) is 17.0 Å². The van der Waals surface area contributed by atoms with Crippen molar-refractivity contribution >= 4 is 49.3 Å². The molecule has 0 saturated carbocycles. The minimum Gasteiger partial charge on any atom is -0.450 e. The molecule has 0 N–H and O–H groups in total. The van der Waals surface area contributed by atoms with Gasteiger partial charge in [-0.25, -0.2) is 0 Å². The van der Waals surface area contributed by atoms with Crippen LogP contribution in [0.5, 0.6) is 0 Å². The number of hydrogen-bond acceptors (Lipinski definition) is 6. The van der Waals surface area contributed by atoms with Gasteiger partial charge in [0, 0.05) is 4.47 Å². The van der Waals surface area contributed by atoms with Crippen molar-refractivity contribution in [2.24, 2.45) is 0 Å². The zero-order valence-electron chi connectivity index (χ0n) is 14.5. The summed E-state index contributed by atoms with van der Waals surface area (Å²) in [5.74, 6) is -0.335. The Kier molecular flexibility index (Phi) is 3.92. The number of rotatable bonds is 2. The van der Waals surface area contributed by atoms with E-state index in [1.54, 1.807) is 17.6 Å². The van der Waals surface area contributed by atoms with Gasteiger partial charge in [-0.15, -0.1) is 10.2 Å². The molecule has 0 radical (unpaired) electrons. The summed E-state index contributed by atoms with van der Waals surface area (Å²) in [6.07, 6.45) is 0. The first-order valence-corrected chi connectivity index (χ1v) is 10.1. The van der Waals surface area contributed by atoms with Crippen molar-refractivity contribution < 1.29 is 9.21 Å². The second-order valence-corrected chi connectivity index (χ2v) is 8.25. The Bertz CT molecular complexity index is 1300. The lowest BCUT2D eigenvalue weighted by atomic mass is 9.98. The first-order chi connectivity index (χ1) is 13.5. The quantitative estimate of drug-likeness (QED) is 0.447. The number of anilines is 1. The van der Waals surface area contributed by atoms with Crippen LogP contribution in [0.4, 0.5) is 5.13 Å². The van der Waals surface area contributed by atoms with Crippen molar-refractivity contribution in [3.63, 3.8) is 0 Å². The molecule has 1 amide bonds. The van der Waals surface area contributed by atoms with Gasteiger partial charge in [0.25, 0.3) is 5.91 Å². The van der Waals surface area contributed by atoms with E-state index in [0.29, 0.717) is 21.7 Å². The van der Waals surface area contributed by atoms with E-state index < -0.39 is 11.9 Å². The molecular formula is C20H12BrN3O3S. The number of amides is 1. The van der Waals surface area contributed by atoms with E-state index in [-0.39, 0.29) is 11.2 Å². The first kappa shape index (κ1) is 17.3. The van der Waals surface area contributed by atoms with Crippen molar-refractivity contribution in [2.75, 3.05) is 4.90 Å². The SMILES string of the molecule is Cc1ccc2oc3c(c(=O)c2c1)[C@@H](c1cccc(Br)c1)N(c1nncs1)C3=O. The largest absolute Gasteiger partial charge is 0.450 e. The summed E-state index contributed by atoms with van der Waals surface area (Å²) >= 11 is 4.71. The van der Waals surface area contributed by atoms with Crippen LogP contribution in [-0.2, 0) is 0 Å². The van der Waals surface area contributed by atoms with Crippen molar-refractivity contribution in [1.82, 2.24) is 10.2 Å². The Balaban J connectivity index is 1.85. The summed E-state index contributed by atoms with van der Waals surface area (Å²) in [6.45, 7) is 1.91. The lowest BCUT2D eigenvalue weighted by Gasteiger charge is -2.22. The van der Waals surface area contributed by atoms with Gasteiger partial charge in [0.1, 0.15) is 11.1 Å². The maximum atomic E-state index is 13.4. The molecule has 4 aromatic rings. The summed E-state index contributed by atoms with van der Waals surface area (Å²) in [4.78, 5) is 28.2. The van der Waals surface area contributed by atoms with Crippen LogP contribution < -0.4 is 10.3 Å². The van der Waals surface area contributed by atoms with Crippen LogP contribution >= 0.6 is 27.3 Å². The number of nitrogens with zero attached hydrogens (tertiary/aromatic N) is 3. The number of fused-ring (bicyclic) bond motifs is 2. The lowest BCUT2D eigenvalue weighted by molar-refractivity contribution is 0.0970. The molecule has 138 valence electrons. The highest BCUT2D eigenvalue weighted by Gasteiger charge is 2.45. The number of aryl methyl sites for hydroxylation is 1. The van der Waals surface area contributed by atoms with E-state index in [0.717, 1.165) is 15.6 Å². The van der Waals surface area contributed by atoms with Crippen molar-refractivity contribution in [3.8, 4) is 0 Å². The predicted molar refractivity (Wildman–Crippen MR) is 110 cm³/mol. The number of benzene rings is 2. The van der Waals surface area contributed by atoms with Crippen LogP contribution in [0.25, 0.3) is 11.0 Å². The summed E-state index contributed by atoms with van der Waals surface area (Å²) in [7, 11) is 0. The average Bonchev–Trinajstić information content (AvgIpc) is 3.29. The molecule has 3 heterocycles. The van der Waals surface area contributed by atoms with Crippen LogP contribution in [0, 0.1) is 6.92 Å². The van der Waals surface area contributed by atoms with Gasteiger partial charge in [0.15, 0.2) is 5.43 Å². The topological polar surface area (TPSA) is 76.3 Å². The molecule has 8 heteroatoms. The molecule has 1 atom stereocenters. The van der Waals surface area contributed by atoms with Gasteiger partial charge in [0.2, 0.25) is 10.9 Å². The van der Waals surface area contributed by atoms with Gasteiger partial charge in [-0.2, -0.15) is 0 Å². The second-order valence-electron chi connectivity index (χ2n) is 6.53. The van der Waals surface area contributed by atoms with E-state index in [4.69, 9.17) is 4.42 Å².